The molecular formula is C26H29Cl2N3O2. The first kappa shape index (κ1) is 23.8. The molecule has 1 fully saturated rings. The molecule has 33 heavy (non-hydrogen) atoms. The van der Waals surface area contributed by atoms with Crippen molar-refractivity contribution >= 4 is 45.8 Å². The summed E-state index contributed by atoms with van der Waals surface area (Å²) in [5, 5.41) is 5.13. The van der Waals surface area contributed by atoms with Crippen LogP contribution in [0.5, 0.6) is 0 Å². The van der Waals surface area contributed by atoms with Crippen molar-refractivity contribution in [3.8, 4) is 11.1 Å². The van der Waals surface area contributed by atoms with Crippen LogP contribution in [0.15, 0.2) is 42.5 Å². The molecule has 4 rings (SSSR count). The van der Waals surface area contributed by atoms with Crippen molar-refractivity contribution in [1.29, 1.82) is 0 Å². The summed E-state index contributed by atoms with van der Waals surface area (Å²) in [5.74, 6) is 0.185. The Morgan fingerprint density at radius 1 is 1.27 bits per heavy atom. The van der Waals surface area contributed by atoms with Gasteiger partial charge in [-0.2, -0.15) is 0 Å². The van der Waals surface area contributed by atoms with Crippen LogP contribution in [0, 0.1) is 5.92 Å². The highest BCUT2D eigenvalue weighted by atomic mass is 35.5. The Morgan fingerprint density at radius 2 is 2.06 bits per heavy atom. The monoisotopic (exact) mass is 485 g/mol. The number of hydrogen-bond acceptors (Lipinski definition) is 4. The maximum atomic E-state index is 12.9. The molecule has 1 aliphatic heterocycles. The minimum Gasteiger partial charge on any atom is -0.383 e. The number of rotatable bonds is 5. The molecule has 2 aromatic carbocycles. The third kappa shape index (κ3) is 5.11. The van der Waals surface area contributed by atoms with Gasteiger partial charge in [0, 0.05) is 23.5 Å². The summed E-state index contributed by atoms with van der Waals surface area (Å²) in [5.41, 5.74) is 9.32. The fraction of sp³-hybridized carbons (Fsp3) is 0.385. The number of carbonyl (C=O) groups excluding carboxylic acids is 1. The molecule has 0 saturated carbocycles. The van der Waals surface area contributed by atoms with Crippen LogP contribution in [0.25, 0.3) is 22.0 Å². The molecule has 5 nitrogen and oxygen atoms in total. The van der Waals surface area contributed by atoms with Gasteiger partial charge in [-0.05, 0) is 68.5 Å². The molecule has 2 unspecified atom stereocenters. The number of ether oxygens (including phenoxy) is 1. The van der Waals surface area contributed by atoms with Crippen molar-refractivity contribution in [1.82, 2.24) is 10.3 Å². The van der Waals surface area contributed by atoms with Gasteiger partial charge in [0.1, 0.15) is 5.82 Å². The second kappa shape index (κ2) is 9.49. The molecule has 0 bridgehead atoms. The molecule has 1 aromatic heterocycles. The lowest BCUT2D eigenvalue weighted by atomic mass is 9.90. The number of fused-ring (bicyclic) bond motifs is 1. The molecule has 174 valence electrons. The van der Waals surface area contributed by atoms with Crippen LogP contribution >= 0.6 is 23.2 Å². The molecule has 0 spiro atoms. The Balaban J connectivity index is 1.56. The van der Waals surface area contributed by atoms with Crippen molar-refractivity contribution in [2.45, 2.75) is 51.7 Å². The van der Waals surface area contributed by atoms with E-state index in [4.69, 9.17) is 33.7 Å². The van der Waals surface area contributed by atoms with Gasteiger partial charge in [-0.15, -0.1) is 0 Å². The first-order valence-corrected chi connectivity index (χ1v) is 12.0. The number of nitrogens with one attached hydrogen (secondary N) is 1. The topological polar surface area (TPSA) is 77.2 Å². The number of nitrogens with two attached hydrogens (primary N) is 1. The third-order valence-corrected chi connectivity index (χ3v) is 7.25. The number of halogens is 2. The highest BCUT2D eigenvalue weighted by molar-refractivity contribution is 6.43. The first-order chi connectivity index (χ1) is 15.7. The van der Waals surface area contributed by atoms with Crippen LogP contribution in [-0.2, 0) is 16.0 Å². The Kier molecular flexibility index (Phi) is 6.85. The number of carbonyl (C=O) groups is 1. The highest BCUT2D eigenvalue weighted by Crippen LogP contribution is 2.35. The fourth-order valence-electron chi connectivity index (χ4n) is 4.35. The van der Waals surface area contributed by atoms with E-state index in [0.717, 1.165) is 47.0 Å². The minimum atomic E-state index is -0.366. The van der Waals surface area contributed by atoms with Gasteiger partial charge in [-0.1, -0.05) is 48.3 Å². The summed E-state index contributed by atoms with van der Waals surface area (Å²) in [4.78, 5) is 17.5. The molecule has 0 aliphatic carbocycles. The number of nitrogen functional groups attached to an aromatic ring is 1. The van der Waals surface area contributed by atoms with E-state index < -0.39 is 0 Å². The maximum absolute atomic E-state index is 12.9. The van der Waals surface area contributed by atoms with Gasteiger partial charge in [-0.3, -0.25) is 4.79 Å². The third-order valence-electron chi connectivity index (χ3n) is 6.43. The van der Waals surface area contributed by atoms with E-state index in [9.17, 15) is 4.79 Å². The molecule has 0 radical (unpaired) electrons. The zero-order valence-electron chi connectivity index (χ0n) is 19.1. The van der Waals surface area contributed by atoms with Gasteiger partial charge in [0.05, 0.1) is 27.2 Å². The van der Waals surface area contributed by atoms with Gasteiger partial charge in [0.2, 0.25) is 5.91 Å². The molecule has 1 saturated heterocycles. The quantitative estimate of drug-likeness (QED) is 0.461. The number of nitrogens with zero attached hydrogens (tertiary/aromatic N) is 1. The van der Waals surface area contributed by atoms with Crippen LogP contribution in [0.1, 0.15) is 39.2 Å². The molecule has 2 atom stereocenters. The summed E-state index contributed by atoms with van der Waals surface area (Å²) in [6, 6.07) is 13.5. The second-order valence-corrected chi connectivity index (χ2v) is 10.1. The largest absolute Gasteiger partial charge is 0.383 e. The van der Waals surface area contributed by atoms with Crippen LogP contribution in [-0.4, -0.2) is 29.1 Å². The van der Waals surface area contributed by atoms with E-state index in [1.165, 1.54) is 0 Å². The average molecular weight is 486 g/mol. The summed E-state index contributed by atoms with van der Waals surface area (Å²) >= 11 is 12.6. The smallest absolute Gasteiger partial charge is 0.223 e. The van der Waals surface area contributed by atoms with E-state index >= 15 is 0 Å². The Labute approximate surface area is 204 Å². The number of aromatic nitrogens is 1. The van der Waals surface area contributed by atoms with E-state index in [1.807, 2.05) is 57.2 Å². The van der Waals surface area contributed by atoms with Gasteiger partial charge in [0.15, 0.2) is 0 Å². The highest BCUT2D eigenvalue weighted by Gasteiger charge is 2.35. The predicted octanol–water partition coefficient (Wildman–Crippen LogP) is 6.04. The van der Waals surface area contributed by atoms with Crippen molar-refractivity contribution < 1.29 is 9.53 Å². The molecule has 3 N–H and O–H groups in total. The van der Waals surface area contributed by atoms with Crippen molar-refractivity contribution in [3.63, 3.8) is 0 Å². The van der Waals surface area contributed by atoms with E-state index in [1.54, 1.807) is 6.07 Å². The average Bonchev–Trinajstić information content (AvgIpc) is 2.77. The zero-order chi connectivity index (χ0) is 23.8. The van der Waals surface area contributed by atoms with Gasteiger partial charge in [0.25, 0.3) is 0 Å². The molecular weight excluding hydrogens is 457 g/mol. The molecule has 2 heterocycles. The lowest BCUT2D eigenvalue weighted by Gasteiger charge is -2.39. The number of anilines is 1. The molecule has 1 amide bonds. The van der Waals surface area contributed by atoms with Crippen LogP contribution in [0.2, 0.25) is 10.0 Å². The molecule has 7 heteroatoms. The molecule has 3 aromatic rings. The number of pyridine rings is 1. The van der Waals surface area contributed by atoms with E-state index in [-0.39, 0.29) is 23.5 Å². The predicted molar refractivity (Wildman–Crippen MR) is 136 cm³/mol. The molecule has 1 aliphatic rings. The Bertz CT molecular complexity index is 1200. The number of amides is 1. The standard InChI is InChI=1S/C26H29Cl2N3O2/c1-15(25(32)31-22-8-5-11-33-26(22,2)3)12-18-14-17-13-16(9-10-21(17)30-24(18)29)19-6-4-7-20(27)23(19)28/h4,6-7,9-10,13-15,22H,5,8,11-12H2,1-3H3,(H2,29,30)(H,31,32). The summed E-state index contributed by atoms with van der Waals surface area (Å²) in [7, 11) is 0. The van der Waals surface area contributed by atoms with Gasteiger partial charge >= 0.3 is 0 Å². The van der Waals surface area contributed by atoms with Gasteiger partial charge < -0.3 is 15.8 Å². The summed E-state index contributed by atoms with van der Waals surface area (Å²) < 4.78 is 5.85. The van der Waals surface area contributed by atoms with Crippen molar-refractivity contribution in [3.05, 3.63) is 58.1 Å². The second-order valence-electron chi connectivity index (χ2n) is 9.30. The number of benzene rings is 2. The Hall–Kier alpha value is -2.34. The van der Waals surface area contributed by atoms with E-state index in [2.05, 4.69) is 10.3 Å². The van der Waals surface area contributed by atoms with Gasteiger partial charge in [-0.25, -0.2) is 4.98 Å². The lowest BCUT2D eigenvalue weighted by molar-refractivity contribution is -0.131. The first-order valence-electron chi connectivity index (χ1n) is 11.2. The SMILES string of the molecule is CC(Cc1cc2cc(-c3cccc(Cl)c3Cl)ccc2nc1N)C(=O)NC1CCCOC1(C)C. The minimum absolute atomic E-state index is 0.00159. The van der Waals surface area contributed by atoms with Crippen LogP contribution in [0.4, 0.5) is 5.82 Å². The fourth-order valence-corrected chi connectivity index (χ4v) is 4.76. The number of hydrogen-bond donors (Lipinski definition) is 2. The normalized spacial score (nSPS) is 18.8. The maximum Gasteiger partial charge on any atom is 0.223 e. The Morgan fingerprint density at radius 3 is 2.82 bits per heavy atom. The lowest BCUT2D eigenvalue weighted by Crippen LogP contribution is -2.54. The van der Waals surface area contributed by atoms with E-state index in [0.29, 0.717) is 22.3 Å². The van der Waals surface area contributed by atoms with Crippen molar-refractivity contribution in [2.24, 2.45) is 5.92 Å². The van der Waals surface area contributed by atoms with Crippen molar-refractivity contribution in [2.75, 3.05) is 12.3 Å². The van der Waals surface area contributed by atoms with Crippen LogP contribution < -0.4 is 11.1 Å². The summed E-state index contributed by atoms with van der Waals surface area (Å²) in [6.07, 6.45) is 2.36. The van der Waals surface area contributed by atoms with Crippen LogP contribution in [0.3, 0.4) is 0 Å². The summed E-state index contributed by atoms with van der Waals surface area (Å²) in [6.45, 7) is 6.70. The zero-order valence-corrected chi connectivity index (χ0v) is 20.6.